The van der Waals surface area contributed by atoms with Gasteiger partial charge in [-0.25, -0.2) is 4.98 Å². The van der Waals surface area contributed by atoms with Crippen molar-refractivity contribution in [3.05, 3.63) is 18.0 Å². The highest BCUT2D eigenvalue weighted by molar-refractivity contribution is 6.20. The smallest absolute Gasteiger partial charge is 0.215 e. The molecule has 0 aliphatic heterocycles. The van der Waals surface area contributed by atoms with E-state index in [9.17, 15) is 0 Å². The Labute approximate surface area is 124 Å². The molecular formula is C15H20ClN3O. The standard InChI is InChI=1S/C15H20ClN3O/c1-10(16)13-17-11-6-7-12(20-3)18-14(11)19(13)15(2)8-4-5-9-15/h6-7,10H,4-5,8-9H2,1-3H3. The van der Waals surface area contributed by atoms with Crippen molar-refractivity contribution in [3.63, 3.8) is 0 Å². The van der Waals surface area contributed by atoms with Crippen molar-refractivity contribution >= 4 is 22.8 Å². The average molecular weight is 294 g/mol. The van der Waals surface area contributed by atoms with Crippen LogP contribution < -0.4 is 4.74 Å². The van der Waals surface area contributed by atoms with Gasteiger partial charge in [0.15, 0.2) is 5.65 Å². The van der Waals surface area contributed by atoms with Gasteiger partial charge in [-0.1, -0.05) is 12.8 Å². The van der Waals surface area contributed by atoms with Crippen LogP contribution >= 0.6 is 11.6 Å². The fraction of sp³-hybridized carbons (Fsp3) is 0.600. The monoisotopic (exact) mass is 293 g/mol. The van der Waals surface area contributed by atoms with Crippen LogP contribution in [0.4, 0.5) is 0 Å². The molecule has 0 aromatic carbocycles. The number of nitrogens with zero attached hydrogens (tertiary/aromatic N) is 3. The summed E-state index contributed by atoms with van der Waals surface area (Å²) < 4.78 is 7.50. The molecule has 2 aromatic heterocycles. The Morgan fingerprint density at radius 1 is 1.30 bits per heavy atom. The van der Waals surface area contributed by atoms with Crippen LogP contribution in [-0.2, 0) is 5.54 Å². The highest BCUT2D eigenvalue weighted by Gasteiger charge is 2.35. The maximum atomic E-state index is 6.35. The van der Waals surface area contributed by atoms with E-state index in [4.69, 9.17) is 21.3 Å². The molecule has 1 aliphatic carbocycles. The molecule has 1 unspecified atom stereocenters. The van der Waals surface area contributed by atoms with Crippen molar-refractivity contribution in [2.75, 3.05) is 7.11 Å². The van der Waals surface area contributed by atoms with E-state index in [0.29, 0.717) is 5.88 Å². The lowest BCUT2D eigenvalue weighted by molar-refractivity contribution is 0.325. The quantitative estimate of drug-likeness (QED) is 0.802. The molecule has 5 heteroatoms. The average Bonchev–Trinajstić information content (AvgIpc) is 3.02. The Morgan fingerprint density at radius 2 is 2.00 bits per heavy atom. The van der Waals surface area contributed by atoms with Crippen molar-refractivity contribution in [3.8, 4) is 5.88 Å². The zero-order valence-electron chi connectivity index (χ0n) is 12.2. The molecule has 2 heterocycles. The summed E-state index contributed by atoms with van der Waals surface area (Å²) in [7, 11) is 1.64. The van der Waals surface area contributed by atoms with Gasteiger partial charge in [-0.05, 0) is 32.8 Å². The van der Waals surface area contributed by atoms with E-state index in [1.54, 1.807) is 7.11 Å². The van der Waals surface area contributed by atoms with Crippen LogP contribution in [0.25, 0.3) is 11.2 Å². The maximum absolute atomic E-state index is 6.35. The second-order valence-electron chi connectivity index (χ2n) is 5.82. The van der Waals surface area contributed by atoms with Gasteiger partial charge in [-0.15, -0.1) is 11.6 Å². The number of ether oxygens (including phenoxy) is 1. The largest absolute Gasteiger partial charge is 0.481 e. The summed E-state index contributed by atoms with van der Waals surface area (Å²) in [6.45, 7) is 4.25. The van der Waals surface area contributed by atoms with Gasteiger partial charge in [0.1, 0.15) is 11.3 Å². The first kappa shape index (κ1) is 13.7. The maximum Gasteiger partial charge on any atom is 0.215 e. The van der Waals surface area contributed by atoms with Gasteiger partial charge in [-0.2, -0.15) is 4.98 Å². The third-order valence-corrected chi connectivity index (χ3v) is 4.49. The van der Waals surface area contributed by atoms with Gasteiger partial charge in [-0.3, -0.25) is 0 Å². The van der Waals surface area contributed by atoms with E-state index < -0.39 is 0 Å². The SMILES string of the molecule is COc1ccc2nc(C(C)Cl)n(C3(C)CCCC3)c2n1. The summed E-state index contributed by atoms with van der Waals surface area (Å²) in [6, 6.07) is 3.80. The first-order valence-electron chi connectivity index (χ1n) is 7.13. The second-order valence-corrected chi connectivity index (χ2v) is 6.48. The minimum Gasteiger partial charge on any atom is -0.481 e. The van der Waals surface area contributed by atoms with Crippen LogP contribution in [0.15, 0.2) is 12.1 Å². The number of pyridine rings is 1. The molecular weight excluding hydrogens is 274 g/mol. The van der Waals surface area contributed by atoms with Gasteiger partial charge in [0.05, 0.1) is 12.5 Å². The molecule has 1 aliphatic rings. The zero-order valence-corrected chi connectivity index (χ0v) is 12.9. The fourth-order valence-electron chi connectivity index (χ4n) is 3.23. The van der Waals surface area contributed by atoms with E-state index in [-0.39, 0.29) is 10.9 Å². The lowest BCUT2D eigenvalue weighted by Gasteiger charge is -2.28. The van der Waals surface area contributed by atoms with Gasteiger partial charge >= 0.3 is 0 Å². The van der Waals surface area contributed by atoms with E-state index in [1.807, 2.05) is 19.1 Å². The van der Waals surface area contributed by atoms with Crippen molar-refractivity contribution in [1.82, 2.24) is 14.5 Å². The molecule has 3 rings (SSSR count). The Morgan fingerprint density at radius 3 is 2.60 bits per heavy atom. The molecule has 0 saturated heterocycles. The number of rotatable bonds is 3. The molecule has 0 bridgehead atoms. The molecule has 4 nitrogen and oxygen atoms in total. The topological polar surface area (TPSA) is 39.9 Å². The van der Waals surface area contributed by atoms with E-state index in [0.717, 1.165) is 29.8 Å². The molecule has 0 spiro atoms. The molecule has 1 fully saturated rings. The first-order chi connectivity index (χ1) is 9.55. The Kier molecular flexibility index (Phi) is 3.36. The van der Waals surface area contributed by atoms with E-state index >= 15 is 0 Å². The van der Waals surface area contributed by atoms with Gasteiger partial charge < -0.3 is 9.30 Å². The van der Waals surface area contributed by atoms with Crippen LogP contribution in [0.5, 0.6) is 5.88 Å². The first-order valence-corrected chi connectivity index (χ1v) is 7.57. The minimum absolute atomic E-state index is 0.0621. The van der Waals surface area contributed by atoms with Crippen LogP contribution in [-0.4, -0.2) is 21.6 Å². The summed E-state index contributed by atoms with van der Waals surface area (Å²) in [6.07, 6.45) is 4.79. The van der Waals surface area contributed by atoms with E-state index in [2.05, 4.69) is 16.5 Å². The highest BCUT2D eigenvalue weighted by atomic mass is 35.5. The lowest BCUT2D eigenvalue weighted by atomic mass is 10.00. The van der Waals surface area contributed by atoms with E-state index in [1.165, 1.54) is 12.8 Å². The molecule has 108 valence electrons. The van der Waals surface area contributed by atoms with Gasteiger partial charge in [0.2, 0.25) is 5.88 Å². The summed E-state index contributed by atoms with van der Waals surface area (Å²) in [5, 5.41) is -0.132. The fourth-order valence-corrected chi connectivity index (χ4v) is 3.38. The number of aromatic nitrogens is 3. The zero-order chi connectivity index (χ0) is 14.3. The molecule has 0 radical (unpaired) electrons. The predicted octanol–water partition coefficient (Wildman–Crippen LogP) is 4.03. The number of halogens is 1. The number of fused-ring (bicyclic) bond motifs is 1. The molecule has 0 amide bonds. The van der Waals surface area contributed by atoms with Crippen LogP contribution in [0.2, 0.25) is 0 Å². The number of methoxy groups -OCH3 is 1. The third kappa shape index (κ3) is 2.06. The van der Waals surface area contributed by atoms with Crippen molar-refractivity contribution < 1.29 is 4.74 Å². The lowest BCUT2D eigenvalue weighted by Crippen LogP contribution is -2.28. The third-order valence-electron chi connectivity index (χ3n) is 4.29. The summed E-state index contributed by atoms with van der Waals surface area (Å²) >= 11 is 6.35. The van der Waals surface area contributed by atoms with Crippen molar-refractivity contribution in [1.29, 1.82) is 0 Å². The Balaban J connectivity index is 2.27. The molecule has 0 N–H and O–H groups in total. The normalized spacial score (nSPS) is 19.4. The molecule has 1 saturated carbocycles. The number of hydrogen-bond acceptors (Lipinski definition) is 3. The highest BCUT2D eigenvalue weighted by Crippen LogP contribution is 2.41. The minimum atomic E-state index is -0.132. The summed E-state index contributed by atoms with van der Waals surface area (Å²) in [5.41, 5.74) is 1.84. The van der Waals surface area contributed by atoms with Gasteiger partial charge in [0.25, 0.3) is 0 Å². The van der Waals surface area contributed by atoms with Crippen LogP contribution in [0.1, 0.15) is 50.7 Å². The Hall–Kier alpha value is -1.29. The van der Waals surface area contributed by atoms with Gasteiger partial charge in [0, 0.05) is 11.6 Å². The molecule has 2 aromatic rings. The Bertz CT molecular complexity index is 629. The number of imidazole rings is 1. The number of hydrogen-bond donors (Lipinski definition) is 0. The van der Waals surface area contributed by atoms with Crippen LogP contribution in [0, 0.1) is 0 Å². The number of alkyl halides is 1. The predicted molar refractivity (Wildman–Crippen MR) is 80.5 cm³/mol. The molecule has 20 heavy (non-hydrogen) atoms. The summed E-state index contributed by atoms with van der Waals surface area (Å²) in [5.74, 6) is 1.53. The van der Waals surface area contributed by atoms with Crippen LogP contribution in [0.3, 0.4) is 0 Å². The van der Waals surface area contributed by atoms with Crippen molar-refractivity contribution in [2.45, 2.75) is 50.4 Å². The second kappa shape index (κ2) is 4.92. The summed E-state index contributed by atoms with van der Waals surface area (Å²) in [4.78, 5) is 9.30. The van der Waals surface area contributed by atoms with Crippen molar-refractivity contribution in [2.24, 2.45) is 0 Å². The molecule has 1 atom stereocenters.